The maximum Gasteiger partial charge on any atom is 0.339 e. The average molecular weight is 665 g/mol. The van der Waals surface area contributed by atoms with E-state index in [0.29, 0.717) is 31.3 Å². The van der Waals surface area contributed by atoms with Crippen molar-refractivity contribution >= 4 is 29.8 Å². The number of carbonyl (C=O) groups is 3. The normalized spacial score (nSPS) is 51.4. The van der Waals surface area contributed by atoms with Gasteiger partial charge in [-0.05, 0) is 88.5 Å². The molecule has 3 aliphatic carbocycles. The quantitative estimate of drug-likeness (QED) is 0.265. The predicted molar refractivity (Wildman–Crippen MR) is 171 cm³/mol. The molecule has 0 bridgehead atoms. The zero-order chi connectivity index (χ0) is 33.4. The third-order valence-corrected chi connectivity index (χ3v) is 14.9. The number of Topliss-reactive ketones (excluding diaryl/α,β-unsaturated/α-hetero) is 1. The maximum atomic E-state index is 14.5. The molecule has 9 rings (SSSR count). The van der Waals surface area contributed by atoms with Crippen LogP contribution in [0.2, 0.25) is 0 Å². The predicted octanol–water partition coefficient (Wildman–Crippen LogP) is 3.54. The van der Waals surface area contributed by atoms with E-state index in [4.69, 9.17) is 23.7 Å². The van der Waals surface area contributed by atoms with Gasteiger partial charge in [0.05, 0.1) is 43.3 Å². The Morgan fingerprint density at radius 2 is 1.77 bits per heavy atom. The number of esters is 2. The number of fused-ring (bicyclic) bond motifs is 1. The second-order valence-corrected chi connectivity index (χ2v) is 17.2. The lowest BCUT2D eigenvalue weighted by Crippen LogP contribution is -2.77. The molecule has 11 heteroatoms. The minimum atomic E-state index is -1.38. The minimum Gasteiger partial charge on any atom is -0.465 e. The second-order valence-electron chi connectivity index (χ2n) is 17.2. The summed E-state index contributed by atoms with van der Waals surface area (Å²) in [6.07, 6.45) is 8.07. The lowest BCUT2D eigenvalue weighted by atomic mass is 9.36. The van der Waals surface area contributed by atoms with Gasteiger partial charge in [-0.1, -0.05) is 19.9 Å². The van der Waals surface area contributed by atoms with E-state index in [-0.39, 0.29) is 36.8 Å². The smallest absolute Gasteiger partial charge is 0.339 e. The van der Waals surface area contributed by atoms with Gasteiger partial charge in [0, 0.05) is 22.0 Å². The zero-order valence-electron chi connectivity index (χ0n) is 28.4. The van der Waals surface area contributed by atoms with Crippen molar-refractivity contribution in [3.63, 3.8) is 0 Å². The van der Waals surface area contributed by atoms with Crippen LogP contribution < -0.4 is 0 Å². The summed E-state index contributed by atoms with van der Waals surface area (Å²) in [4.78, 5) is 49.6. The summed E-state index contributed by atoms with van der Waals surface area (Å²) in [6, 6.07) is 0. The molecule has 0 amide bonds. The van der Waals surface area contributed by atoms with Crippen molar-refractivity contribution in [3.05, 3.63) is 11.6 Å². The first kappa shape index (κ1) is 31.5. The lowest BCUT2D eigenvalue weighted by molar-refractivity contribution is -0.248. The van der Waals surface area contributed by atoms with Crippen molar-refractivity contribution in [2.24, 2.45) is 49.9 Å². The van der Waals surface area contributed by atoms with Crippen LogP contribution in [0.25, 0.3) is 0 Å². The molecule has 4 saturated heterocycles. The van der Waals surface area contributed by atoms with Crippen LogP contribution in [-0.4, -0.2) is 96.4 Å². The molecule has 0 aromatic heterocycles. The second kappa shape index (κ2) is 10.3. The van der Waals surface area contributed by atoms with E-state index < -0.39 is 63.8 Å². The number of rotatable bonds is 5. The molecule has 0 aromatic rings. The monoisotopic (exact) mass is 664 g/mol. The van der Waals surface area contributed by atoms with Crippen molar-refractivity contribution < 1.29 is 43.2 Å². The van der Waals surface area contributed by atoms with E-state index in [1.807, 2.05) is 20.8 Å². The van der Waals surface area contributed by atoms with Gasteiger partial charge in [-0.15, -0.1) is 0 Å². The highest BCUT2D eigenvalue weighted by molar-refractivity contribution is 5.97. The van der Waals surface area contributed by atoms with E-state index in [1.54, 1.807) is 6.34 Å². The summed E-state index contributed by atoms with van der Waals surface area (Å²) < 4.78 is 31.5. The van der Waals surface area contributed by atoms with E-state index in [2.05, 4.69) is 23.0 Å². The van der Waals surface area contributed by atoms with Crippen LogP contribution in [0, 0.1) is 39.9 Å². The molecule has 0 radical (unpaired) electrons. The molecule has 0 aromatic carbocycles. The molecule has 1 unspecified atom stereocenters. The van der Waals surface area contributed by atoms with Gasteiger partial charge in [0.25, 0.3) is 0 Å². The van der Waals surface area contributed by atoms with Crippen LogP contribution in [0.5, 0.6) is 0 Å². The van der Waals surface area contributed by atoms with Gasteiger partial charge in [-0.2, -0.15) is 0 Å². The van der Waals surface area contributed by atoms with E-state index in [1.165, 1.54) is 5.71 Å². The fourth-order valence-electron chi connectivity index (χ4n) is 12.8. The van der Waals surface area contributed by atoms with Crippen molar-refractivity contribution in [3.8, 4) is 0 Å². The number of aliphatic hydroxyl groups is 1. The van der Waals surface area contributed by atoms with Crippen LogP contribution in [0.1, 0.15) is 85.5 Å². The molecule has 7 fully saturated rings. The first-order chi connectivity index (χ1) is 22.9. The Morgan fingerprint density at radius 3 is 2.52 bits per heavy atom. The van der Waals surface area contributed by atoms with Crippen molar-refractivity contribution in [1.82, 2.24) is 0 Å². The summed E-state index contributed by atoms with van der Waals surface area (Å²) in [6.45, 7) is 9.07. The van der Waals surface area contributed by atoms with Crippen molar-refractivity contribution in [2.45, 2.75) is 127 Å². The lowest BCUT2D eigenvalue weighted by Gasteiger charge is -2.66. The van der Waals surface area contributed by atoms with Crippen LogP contribution in [0.3, 0.4) is 0 Å². The van der Waals surface area contributed by atoms with E-state index >= 15 is 0 Å². The highest BCUT2D eigenvalue weighted by atomic mass is 16.7. The minimum absolute atomic E-state index is 0.0551. The number of carbonyl (C=O) groups excluding carboxylic acids is 3. The average Bonchev–Trinajstić information content (AvgIpc) is 3.32. The fourth-order valence-corrected chi connectivity index (χ4v) is 12.8. The summed E-state index contributed by atoms with van der Waals surface area (Å²) in [5.41, 5.74) is -2.47. The van der Waals surface area contributed by atoms with Gasteiger partial charge < -0.3 is 28.8 Å². The molecule has 11 nitrogen and oxygen atoms in total. The molecular weight excluding hydrogens is 616 g/mol. The Kier molecular flexibility index (Phi) is 6.76. The highest BCUT2D eigenvalue weighted by Gasteiger charge is 2.90. The Morgan fingerprint density at radius 1 is 0.979 bits per heavy atom. The van der Waals surface area contributed by atoms with Crippen molar-refractivity contribution in [2.75, 3.05) is 19.8 Å². The first-order valence-electron chi connectivity index (χ1n) is 18.2. The molecule has 2 spiro atoms. The molecule has 6 aliphatic heterocycles. The molecular formula is C37H48N2O9. The summed E-state index contributed by atoms with van der Waals surface area (Å²) in [5, 5.41) is 12.2. The number of ketones is 1. The standard InChI is InChI=1S/C37H48N2O9/c1-33(2)28-27(41)29(42)35(4)24(36(28)17-45-26(40)15-25(36)47-33)11-13-34(3)30(46-32(43)31-37(34,35)48-31)21-12-14-44-23(21)10-7-19-5-8-20(9-6-19)22-16-38-18-39-22/h12,18-20,23-25,28-31,42H,5-11,13-17H2,1-4H3/t19?,20?,23?,24-,25-,28+,29+,30-,31+,34-,35-,36-,37+/m0/s1. The molecule has 260 valence electrons. The van der Waals surface area contributed by atoms with E-state index in [0.717, 1.165) is 50.6 Å². The number of aliphatic hydroxyl groups excluding tert-OH is 1. The number of cyclic esters (lactones) is 2. The summed E-state index contributed by atoms with van der Waals surface area (Å²) in [7, 11) is 0. The van der Waals surface area contributed by atoms with Gasteiger partial charge in [0.2, 0.25) is 0 Å². The topological polar surface area (TPSA) is 146 Å². The summed E-state index contributed by atoms with van der Waals surface area (Å²) >= 11 is 0. The van der Waals surface area contributed by atoms with Gasteiger partial charge in [-0.3, -0.25) is 14.6 Å². The first-order valence-corrected chi connectivity index (χ1v) is 18.2. The zero-order valence-corrected chi connectivity index (χ0v) is 28.4. The van der Waals surface area contributed by atoms with E-state index in [9.17, 15) is 19.5 Å². The summed E-state index contributed by atoms with van der Waals surface area (Å²) in [5.74, 6) is -0.880. The molecule has 1 N–H and O–H groups in total. The van der Waals surface area contributed by atoms with Gasteiger partial charge >= 0.3 is 11.9 Å². The number of aliphatic imine (C=N–C) groups is 2. The molecule has 48 heavy (non-hydrogen) atoms. The van der Waals surface area contributed by atoms with Gasteiger partial charge in [0.15, 0.2) is 11.9 Å². The Hall–Kier alpha value is -2.47. The number of epoxide rings is 1. The molecule has 6 heterocycles. The van der Waals surface area contributed by atoms with Crippen LogP contribution in [-0.2, 0) is 38.1 Å². The Balaban J connectivity index is 1.00. The number of hydrogen-bond donors (Lipinski definition) is 1. The Labute approximate surface area is 281 Å². The molecule has 3 saturated carbocycles. The third kappa shape index (κ3) is 3.82. The van der Waals surface area contributed by atoms with Crippen LogP contribution in [0.15, 0.2) is 21.6 Å². The number of hydrogen-bond acceptors (Lipinski definition) is 11. The largest absolute Gasteiger partial charge is 0.465 e. The fraction of sp³-hybridized carbons (Fsp3) is 0.811. The van der Waals surface area contributed by atoms with Crippen LogP contribution in [0.4, 0.5) is 0 Å². The third-order valence-electron chi connectivity index (χ3n) is 14.9. The number of nitrogens with zero attached hydrogens (tertiary/aromatic N) is 2. The SMILES string of the molecule is CC1(C)O[C@H]2CC(=O)OC[C@@]23[C@@H]1C(=O)[C@@H](O)[C@]1(C)[C@@H]3CC[C@@]2(C)[C@H](C3=CCOC3CCC3CCC(C4=NC=NC4)CC3)OC(=O)[C@H]3O[C@@]312. The van der Waals surface area contributed by atoms with Gasteiger partial charge in [0.1, 0.15) is 30.8 Å². The van der Waals surface area contributed by atoms with Crippen molar-refractivity contribution in [1.29, 1.82) is 0 Å². The maximum absolute atomic E-state index is 14.5. The molecule has 11 atom stereocenters. The van der Waals surface area contributed by atoms with Gasteiger partial charge in [-0.25, -0.2) is 9.79 Å². The Bertz CT molecular complexity index is 1550. The molecule has 9 aliphatic rings. The number of ether oxygens (including phenoxy) is 5. The van der Waals surface area contributed by atoms with Crippen LogP contribution >= 0.6 is 0 Å². The highest BCUT2D eigenvalue weighted by Crippen LogP contribution is 2.79.